The molecule has 2 rings (SSSR count). The zero-order valence-corrected chi connectivity index (χ0v) is 10.6. The maximum absolute atomic E-state index is 13.4. The van der Waals surface area contributed by atoms with Gasteiger partial charge < -0.3 is 5.73 Å². The van der Waals surface area contributed by atoms with Crippen LogP contribution in [0.2, 0.25) is 0 Å². The lowest BCUT2D eigenvalue weighted by Gasteiger charge is -2.14. The first-order chi connectivity index (χ1) is 7.73. The normalized spacial score (nSPS) is 18.1. The third-order valence-corrected chi connectivity index (χ3v) is 4.75. The van der Waals surface area contributed by atoms with Crippen molar-refractivity contribution in [3.05, 3.63) is 23.5 Å². The molecule has 6 heteroatoms. The van der Waals surface area contributed by atoms with Crippen molar-refractivity contribution in [1.82, 2.24) is 4.72 Å². The van der Waals surface area contributed by atoms with Gasteiger partial charge in [0.2, 0.25) is 10.0 Å². The average Bonchev–Trinajstić information content (AvgIpc) is 2.88. The van der Waals surface area contributed by atoms with Crippen LogP contribution in [0.5, 0.6) is 0 Å². The lowest BCUT2D eigenvalue weighted by atomic mass is 10.2. The number of hydrogen-bond donors (Lipinski definition) is 2. The van der Waals surface area contributed by atoms with Crippen LogP contribution < -0.4 is 10.5 Å². The lowest BCUT2D eigenvalue weighted by Crippen LogP contribution is -2.34. The predicted octanol–water partition coefficient (Wildman–Crippen LogP) is 1.55. The fraction of sp³-hybridized carbons (Fsp3) is 0.455. The smallest absolute Gasteiger partial charge is 0.241 e. The highest BCUT2D eigenvalue weighted by molar-refractivity contribution is 7.89. The number of anilines is 1. The number of rotatable bonds is 3. The summed E-state index contributed by atoms with van der Waals surface area (Å²) in [4.78, 5) is -0.0804. The molecule has 1 fully saturated rings. The molecule has 0 heterocycles. The number of hydrogen-bond acceptors (Lipinski definition) is 3. The minimum Gasteiger partial charge on any atom is -0.399 e. The van der Waals surface area contributed by atoms with Crippen LogP contribution in [0.4, 0.5) is 10.1 Å². The van der Waals surface area contributed by atoms with Gasteiger partial charge in [-0.1, -0.05) is 0 Å². The third-order valence-electron chi connectivity index (χ3n) is 2.99. The zero-order chi connectivity index (χ0) is 12.8. The first-order valence-electron chi connectivity index (χ1n) is 5.33. The van der Waals surface area contributed by atoms with Crippen molar-refractivity contribution in [2.45, 2.75) is 37.1 Å². The highest BCUT2D eigenvalue weighted by Crippen LogP contribution is 2.36. The summed E-state index contributed by atoms with van der Waals surface area (Å²) in [6.07, 6.45) is 1.60. The number of sulfonamides is 1. The second kappa shape index (κ2) is 3.68. The Morgan fingerprint density at radius 2 is 2.00 bits per heavy atom. The van der Waals surface area contributed by atoms with Gasteiger partial charge in [-0.15, -0.1) is 0 Å². The Labute approximate surface area is 100 Å². The molecule has 0 unspecified atom stereocenters. The van der Waals surface area contributed by atoms with Crippen LogP contribution in [0.15, 0.2) is 17.0 Å². The summed E-state index contributed by atoms with van der Waals surface area (Å²) in [6.45, 7) is 3.25. The summed E-state index contributed by atoms with van der Waals surface area (Å²) >= 11 is 0. The molecule has 1 aliphatic carbocycles. The van der Waals surface area contributed by atoms with Crippen LogP contribution >= 0.6 is 0 Å². The molecule has 4 nitrogen and oxygen atoms in total. The maximum Gasteiger partial charge on any atom is 0.241 e. The Morgan fingerprint density at radius 3 is 2.53 bits per heavy atom. The van der Waals surface area contributed by atoms with Crippen molar-refractivity contribution < 1.29 is 12.8 Å². The fourth-order valence-corrected chi connectivity index (χ4v) is 3.38. The molecule has 0 saturated heterocycles. The second-order valence-electron chi connectivity index (χ2n) is 4.79. The lowest BCUT2D eigenvalue weighted by molar-refractivity contribution is 0.554. The van der Waals surface area contributed by atoms with Crippen LogP contribution in [0.3, 0.4) is 0 Å². The summed E-state index contributed by atoms with van der Waals surface area (Å²) in [7, 11) is -3.70. The highest BCUT2D eigenvalue weighted by Gasteiger charge is 2.41. The van der Waals surface area contributed by atoms with Gasteiger partial charge in [-0.2, -0.15) is 0 Å². The van der Waals surface area contributed by atoms with E-state index in [1.807, 2.05) is 6.92 Å². The Kier molecular flexibility index (Phi) is 2.67. The van der Waals surface area contributed by atoms with Crippen molar-refractivity contribution >= 4 is 15.7 Å². The Bertz CT molecular complexity index is 565. The van der Waals surface area contributed by atoms with E-state index in [9.17, 15) is 12.8 Å². The maximum atomic E-state index is 13.4. The molecule has 1 aromatic carbocycles. The molecule has 1 saturated carbocycles. The van der Waals surface area contributed by atoms with Crippen molar-refractivity contribution in [3.8, 4) is 0 Å². The molecule has 0 bridgehead atoms. The first kappa shape index (κ1) is 12.3. The van der Waals surface area contributed by atoms with Gasteiger partial charge >= 0.3 is 0 Å². The van der Waals surface area contributed by atoms with E-state index in [1.54, 1.807) is 0 Å². The summed E-state index contributed by atoms with van der Waals surface area (Å²) in [5.74, 6) is -0.605. The van der Waals surface area contributed by atoms with Crippen molar-refractivity contribution in [2.24, 2.45) is 0 Å². The van der Waals surface area contributed by atoms with E-state index in [0.29, 0.717) is 0 Å². The van der Waals surface area contributed by atoms with E-state index in [1.165, 1.54) is 13.0 Å². The van der Waals surface area contributed by atoms with E-state index in [2.05, 4.69) is 4.72 Å². The summed E-state index contributed by atoms with van der Waals surface area (Å²) in [5, 5.41) is 0. The highest BCUT2D eigenvalue weighted by atomic mass is 32.2. The minimum atomic E-state index is -3.70. The van der Waals surface area contributed by atoms with E-state index >= 15 is 0 Å². The number of benzene rings is 1. The van der Waals surface area contributed by atoms with Crippen molar-refractivity contribution in [3.63, 3.8) is 0 Å². The molecule has 1 aliphatic rings. The van der Waals surface area contributed by atoms with Crippen LogP contribution in [-0.4, -0.2) is 14.0 Å². The van der Waals surface area contributed by atoms with Gasteiger partial charge in [-0.25, -0.2) is 17.5 Å². The Hall–Kier alpha value is -1.14. The first-order valence-corrected chi connectivity index (χ1v) is 6.81. The predicted molar refractivity (Wildman–Crippen MR) is 63.5 cm³/mol. The van der Waals surface area contributed by atoms with Gasteiger partial charge in [0, 0.05) is 16.8 Å². The molecule has 0 aromatic heterocycles. The van der Waals surface area contributed by atoms with Crippen LogP contribution in [0.25, 0.3) is 0 Å². The SMILES string of the molecule is Cc1c(F)cc(N)cc1S(=O)(=O)NC1(C)CC1. The molecule has 0 atom stereocenters. The molecular weight excluding hydrogens is 243 g/mol. The summed E-state index contributed by atoms with van der Waals surface area (Å²) < 4.78 is 40.2. The van der Waals surface area contributed by atoms with E-state index in [4.69, 9.17) is 5.73 Å². The van der Waals surface area contributed by atoms with Gasteiger partial charge in [0.05, 0.1) is 4.90 Å². The molecule has 17 heavy (non-hydrogen) atoms. The molecule has 1 aromatic rings. The van der Waals surface area contributed by atoms with E-state index in [-0.39, 0.29) is 21.7 Å². The van der Waals surface area contributed by atoms with Crippen molar-refractivity contribution in [1.29, 1.82) is 0 Å². The molecule has 0 spiro atoms. The van der Waals surface area contributed by atoms with Crippen molar-refractivity contribution in [2.75, 3.05) is 5.73 Å². The average molecular weight is 258 g/mol. The Balaban J connectivity index is 2.45. The largest absolute Gasteiger partial charge is 0.399 e. The summed E-state index contributed by atoms with van der Waals surface area (Å²) in [6, 6.07) is 2.40. The molecule has 0 radical (unpaired) electrons. The minimum absolute atomic E-state index is 0.0804. The molecule has 0 amide bonds. The van der Waals surface area contributed by atoms with Crippen LogP contribution in [0, 0.1) is 12.7 Å². The standard InChI is InChI=1S/C11H15FN2O2S/c1-7-9(12)5-8(13)6-10(7)17(15,16)14-11(2)3-4-11/h5-6,14H,3-4,13H2,1-2H3. The summed E-state index contributed by atoms with van der Waals surface area (Å²) in [5.41, 5.74) is 5.29. The van der Waals surface area contributed by atoms with E-state index < -0.39 is 15.8 Å². The molecule has 94 valence electrons. The van der Waals surface area contributed by atoms with Gasteiger partial charge in [0.15, 0.2) is 0 Å². The molecular formula is C11H15FN2O2S. The van der Waals surface area contributed by atoms with Gasteiger partial charge in [-0.3, -0.25) is 0 Å². The van der Waals surface area contributed by atoms with Gasteiger partial charge in [0.25, 0.3) is 0 Å². The number of nitrogen functional groups attached to an aromatic ring is 1. The topological polar surface area (TPSA) is 72.2 Å². The third kappa shape index (κ3) is 2.42. The van der Waals surface area contributed by atoms with E-state index in [0.717, 1.165) is 18.9 Å². The number of nitrogens with two attached hydrogens (primary N) is 1. The fourth-order valence-electron chi connectivity index (χ4n) is 1.62. The van der Waals surface area contributed by atoms with Crippen LogP contribution in [-0.2, 0) is 10.0 Å². The quantitative estimate of drug-likeness (QED) is 0.808. The molecule has 0 aliphatic heterocycles. The van der Waals surface area contributed by atoms with Crippen LogP contribution in [0.1, 0.15) is 25.3 Å². The second-order valence-corrected chi connectivity index (χ2v) is 6.44. The monoisotopic (exact) mass is 258 g/mol. The zero-order valence-electron chi connectivity index (χ0n) is 9.75. The van der Waals surface area contributed by atoms with Gasteiger partial charge in [0.1, 0.15) is 5.82 Å². The number of halogens is 1. The number of nitrogens with one attached hydrogen (secondary N) is 1. The van der Waals surface area contributed by atoms with Gasteiger partial charge in [-0.05, 0) is 38.8 Å². The molecule has 3 N–H and O–H groups in total. The Morgan fingerprint density at radius 1 is 1.41 bits per heavy atom.